The van der Waals surface area contributed by atoms with E-state index < -0.39 is 11.8 Å². The quantitative estimate of drug-likeness (QED) is 0.845. The van der Waals surface area contributed by atoms with Gasteiger partial charge >= 0.3 is 0 Å². The Bertz CT molecular complexity index is 481. The zero-order chi connectivity index (χ0) is 12.2. The molecule has 1 unspecified atom stereocenters. The van der Waals surface area contributed by atoms with Gasteiger partial charge in [0.15, 0.2) is 0 Å². The van der Waals surface area contributed by atoms with Crippen LogP contribution in [-0.4, -0.2) is 18.3 Å². The number of fused-ring (bicyclic) bond motifs is 1. The summed E-state index contributed by atoms with van der Waals surface area (Å²) in [7, 11) is 0. The van der Waals surface area contributed by atoms with Gasteiger partial charge in [-0.15, -0.1) is 11.8 Å². The van der Waals surface area contributed by atoms with Crippen LogP contribution in [-0.2, 0) is 0 Å². The first-order valence-corrected chi connectivity index (χ1v) is 7.10. The molecule has 0 radical (unpaired) electrons. The van der Waals surface area contributed by atoms with Crippen molar-refractivity contribution in [2.45, 2.75) is 17.2 Å². The first kappa shape index (κ1) is 11.6. The lowest BCUT2D eigenvalue weighted by Gasteiger charge is -2.18. The molecule has 0 saturated heterocycles. The van der Waals surface area contributed by atoms with Crippen LogP contribution in [0.2, 0.25) is 0 Å². The second-order valence-corrected chi connectivity index (χ2v) is 6.22. The van der Waals surface area contributed by atoms with Crippen LogP contribution >= 0.6 is 27.7 Å². The SMILES string of the molecule is Nc1ccc2c(c1Br)SCN2CC1CC1(F)F. The summed E-state index contributed by atoms with van der Waals surface area (Å²) in [5.41, 5.74) is 7.50. The predicted octanol–water partition coefficient (Wildman–Crippen LogP) is 3.56. The van der Waals surface area contributed by atoms with Gasteiger partial charge in [0.05, 0.1) is 16.0 Å². The Kier molecular flexibility index (Phi) is 2.56. The molecule has 92 valence electrons. The van der Waals surface area contributed by atoms with Crippen LogP contribution in [0.15, 0.2) is 21.5 Å². The molecule has 2 nitrogen and oxygen atoms in total. The van der Waals surface area contributed by atoms with Crippen molar-refractivity contribution < 1.29 is 8.78 Å². The molecule has 0 amide bonds. The van der Waals surface area contributed by atoms with Crippen molar-refractivity contribution in [3.63, 3.8) is 0 Å². The smallest absolute Gasteiger partial charge is 0.253 e. The highest BCUT2D eigenvalue weighted by Crippen LogP contribution is 2.52. The van der Waals surface area contributed by atoms with Gasteiger partial charge in [0.1, 0.15) is 0 Å². The summed E-state index contributed by atoms with van der Waals surface area (Å²) in [5, 5.41) is 0. The zero-order valence-electron chi connectivity index (χ0n) is 8.92. The molecule has 1 aliphatic heterocycles. The fourth-order valence-electron chi connectivity index (χ4n) is 2.04. The third-order valence-electron chi connectivity index (χ3n) is 3.21. The fraction of sp³-hybridized carbons (Fsp3) is 0.455. The van der Waals surface area contributed by atoms with E-state index in [9.17, 15) is 8.78 Å². The van der Waals surface area contributed by atoms with Crippen molar-refractivity contribution in [3.8, 4) is 0 Å². The number of hydrogen-bond donors (Lipinski definition) is 1. The van der Waals surface area contributed by atoms with Crippen molar-refractivity contribution in [2.24, 2.45) is 5.92 Å². The number of thioether (sulfide) groups is 1. The summed E-state index contributed by atoms with van der Waals surface area (Å²) in [6.45, 7) is 0.434. The van der Waals surface area contributed by atoms with Gasteiger partial charge < -0.3 is 10.6 Å². The number of rotatable bonds is 2. The molecular weight excluding hydrogens is 310 g/mol. The topological polar surface area (TPSA) is 29.3 Å². The molecule has 0 spiro atoms. The zero-order valence-corrected chi connectivity index (χ0v) is 11.3. The Hall–Kier alpha value is -0.490. The van der Waals surface area contributed by atoms with Crippen LogP contribution in [0.3, 0.4) is 0 Å². The summed E-state index contributed by atoms with van der Waals surface area (Å²) in [4.78, 5) is 3.07. The average Bonchev–Trinajstić information content (AvgIpc) is 2.71. The molecule has 1 atom stereocenters. The van der Waals surface area contributed by atoms with E-state index in [1.165, 1.54) is 0 Å². The average molecular weight is 321 g/mol. The second kappa shape index (κ2) is 3.75. The molecule has 1 saturated carbocycles. The van der Waals surface area contributed by atoms with Gasteiger partial charge in [-0.1, -0.05) is 0 Å². The maximum absolute atomic E-state index is 12.9. The Morgan fingerprint density at radius 1 is 1.53 bits per heavy atom. The minimum absolute atomic E-state index is 0.0274. The summed E-state index contributed by atoms with van der Waals surface area (Å²) >= 11 is 5.08. The van der Waals surface area contributed by atoms with Gasteiger partial charge in [-0.2, -0.15) is 0 Å². The van der Waals surface area contributed by atoms with Gasteiger partial charge in [-0.3, -0.25) is 0 Å². The third-order valence-corrected chi connectivity index (χ3v) is 5.47. The number of hydrogen-bond acceptors (Lipinski definition) is 3. The molecule has 1 aromatic rings. The Labute approximate surface area is 111 Å². The van der Waals surface area contributed by atoms with E-state index in [0.717, 1.165) is 20.9 Å². The molecule has 2 aliphatic rings. The molecule has 0 aromatic heterocycles. The molecule has 0 bridgehead atoms. The minimum Gasteiger partial charge on any atom is -0.398 e. The normalized spacial score (nSPS) is 24.9. The number of halogens is 3. The number of nitrogens with zero attached hydrogens (tertiary/aromatic N) is 1. The van der Waals surface area contributed by atoms with Gasteiger partial charge in [0.25, 0.3) is 5.92 Å². The van der Waals surface area contributed by atoms with E-state index in [1.807, 2.05) is 17.0 Å². The standard InChI is InChI=1S/C11H11BrF2N2S/c12-9-7(15)1-2-8-10(9)17-5-16(8)4-6-3-11(6,13)14/h1-2,6H,3-5,15H2. The largest absolute Gasteiger partial charge is 0.398 e. The van der Waals surface area contributed by atoms with Crippen LogP contribution in [0.1, 0.15) is 6.42 Å². The number of alkyl halides is 2. The number of anilines is 2. The lowest BCUT2D eigenvalue weighted by Crippen LogP contribution is -2.23. The molecule has 17 heavy (non-hydrogen) atoms. The molecule has 1 heterocycles. The first-order chi connectivity index (χ1) is 7.99. The molecule has 3 rings (SSSR count). The number of benzene rings is 1. The van der Waals surface area contributed by atoms with Crippen molar-refractivity contribution in [1.29, 1.82) is 0 Å². The molecule has 2 N–H and O–H groups in total. The van der Waals surface area contributed by atoms with Gasteiger partial charge in [0, 0.05) is 29.5 Å². The Balaban J connectivity index is 1.82. The van der Waals surface area contributed by atoms with Crippen LogP contribution in [0, 0.1) is 5.92 Å². The highest BCUT2D eigenvalue weighted by atomic mass is 79.9. The molecule has 1 fully saturated rings. The fourth-order valence-corrected chi connectivity index (χ4v) is 3.84. The molecular formula is C11H11BrF2N2S. The lowest BCUT2D eigenvalue weighted by atomic mass is 10.2. The molecule has 1 aliphatic carbocycles. The van der Waals surface area contributed by atoms with Crippen LogP contribution < -0.4 is 10.6 Å². The maximum Gasteiger partial charge on any atom is 0.253 e. The summed E-state index contributed by atoms with van der Waals surface area (Å²) in [6.07, 6.45) is 0.0274. The highest BCUT2D eigenvalue weighted by Gasteiger charge is 2.57. The second-order valence-electron chi connectivity index (χ2n) is 4.47. The predicted molar refractivity (Wildman–Crippen MR) is 69.7 cm³/mol. The molecule has 1 aromatic carbocycles. The first-order valence-electron chi connectivity index (χ1n) is 5.32. The monoisotopic (exact) mass is 320 g/mol. The lowest BCUT2D eigenvalue weighted by molar-refractivity contribution is 0.100. The highest BCUT2D eigenvalue weighted by molar-refractivity contribution is 9.10. The number of nitrogen functional groups attached to an aromatic ring is 1. The van der Waals surface area contributed by atoms with E-state index in [-0.39, 0.29) is 6.42 Å². The summed E-state index contributed by atoms with van der Waals surface area (Å²) < 4.78 is 26.7. The van der Waals surface area contributed by atoms with E-state index in [0.29, 0.717) is 12.2 Å². The van der Waals surface area contributed by atoms with Crippen LogP contribution in [0.25, 0.3) is 0 Å². The van der Waals surface area contributed by atoms with Crippen molar-refractivity contribution in [1.82, 2.24) is 0 Å². The van der Waals surface area contributed by atoms with Gasteiger partial charge in [0.2, 0.25) is 0 Å². The van der Waals surface area contributed by atoms with Crippen molar-refractivity contribution in [3.05, 3.63) is 16.6 Å². The Morgan fingerprint density at radius 2 is 2.24 bits per heavy atom. The van der Waals surface area contributed by atoms with Crippen molar-refractivity contribution in [2.75, 3.05) is 23.1 Å². The third kappa shape index (κ3) is 1.91. The van der Waals surface area contributed by atoms with Crippen LogP contribution in [0.5, 0.6) is 0 Å². The summed E-state index contributed by atoms with van der Waals surface area (Å²) in [5.74, 6) is -2.20. The van der Waals surface area contributed by atoms with Gasteiger partial charge in [-0.05, 0) is 28.1 Å². The Morgan fingerprint density at radius 3 is 2.88 bits per heavy atom. The number of nitrogens with two attached hydrogens (primary N) is 1. The maximum atomic E-state index is 12.9. The van der Waals surface area contributed by atoms with Gasteiger partial charge in [-0.25, -0.2) is 8.78 Å². The van der Waals surface area contributed by atoms with E-state index in [2.05, 4.69) is 15.9 Å². The van der Waals surface area contributed by atoms with Crippen molar-refractivity contribution >= 4 is 39.1 Å². The molecule has 6 heteroatoms. The van der Waals surface area contributed by atoms with Crippen LogP contribution in [0.4, 0.5) is 20.2 Å². The van der Waals surface area contributed by atoms with E-state index >= 15 is 0 Å². The van der Waals surface area contributed by atoms with E-state index in [1.54, 1.807) is 11.8 Å². The summed E-state index contributed by atoms with van der Waals surface area (Å²) in [6, 6.07) is 3.72. The minimum atomic E-state index is -2.45. The van der Waals surface area contributed by atoms with E-state index in [4.69, 9.17) is 5.73 Å².